The summed E-state index contributed by atoms with van der Waals surface area (Å²) >= 11 is 0. The fraction of sp³-hybridized carbons (Fsp3) is 0.250. The number of nitrogens with zero attached hydrogens (tertiary/aromatic N) is 1. The van der Waals surface area contributed by atoms with Crippen LogP contribution in [0.25, 0.3) is 12.8 Å². The summed E-state index contributed by atoms with van der Waals surface area (Å²) in [5, 5.41) is 19.0. The maximum Gasteiger partial charge on any atom is 0.143 e. The molecule has 0 heterocycles. The number of benzene rings is 1. The van der Waals surface area contributed by atoms with Crippen molar-refractivity contribution >= 4 is 12.8 Å². The van der Waals surface area contributed by atoms with Crippen molar-refractivity contribution in [2.75, 3.05) is 14.2 Å². The van der Waals surface area contributed by atoms with E-state index in [1.165, 1.54) is 14.2 Å². The van der Waals surface area contributed by atoms with Crippen LogP contribution in [-0.4, -0.2) is 19.3 Å². The van der Waals surface area contributed by atoms with E-state index in [2.05, 4.69) is 6.58 Å². The highest BCUT2D eigenvalue weighted by Crippen LogP contribution is 2.25. The van der Waals surface area contributed by atoms with Crippen LogP contribution in [0.2, 0.25) is 0 Å². The molecular formula is C12H13NO3. The largest absolute Gasteiger partial charge is 0.515 e. The lowest BCUT2D eigenvalue weighted by molar-refractivity contribution is 0.383. The summed E-state index contributed by atoms with van der Waals surface area (Å²) in [6, 6.07) is 2.01. The van der Waals surface area contributed by atoms with E-state index in [9.17, 15) is 0 Å². The molecule has 0 aliphatic heterocycles. The Kier molecular flexibility index (Phi) is 3.41. The van der Waals surface area contributed by atoms with Crippen molar-refractivity contribution in [3.8, 4) is 17.6 Å². The van der Waals surface area contributed by atoms with Gasteiger partial charge in [-0.2, -0.15) is 5.26 Å². The maximum atomic E-state index is 9.14. The molecule has 84 valence electrons. The molecular weight excluding hydrogens is 206 g/mol. The molecule has 0 aliphatic rings. The molecule has 0 unspecified atom stereocenters. The number of hydrogen-bond acceptors (Lipinski definition) is 4. The van der Waals surface area contributed by atoms with Crippen molar-refractivity contribution in [1.82, 2.24) is 0 Å². The van der Waals surface area contributed by atoms with Crippen LogP contribution in [0, 0.1) is 18.3 Å². The van der Waals surface area contributed by atoms with Crippen molar-refractivity contribution < 1.29 is 14.6 Å². The third kappa shape index (κ3) is 1.57. The van der Waals surface area contributed by atoms with Crippen LogP contribution in [0.1, 0.15) is 11.1 Å². The first-order valence-corrected chi connectivity index (χ1v) is 4.60. The molecule has 1 aromatic carbocycles. The van der Waals surface area contributed by atoms with Crippen LogP contribution in [-0.2, 0) is 0 Å². The Bertz CT molecular complexity index is 555. The minimum Gasteiger partial charge on any atom is -0.515 e. The van der Waals surface area contributed by atoms with Crippen molar-refractivity contribution in [3.05, 3.63) is 21.6 Å². The van der Waals surface area contributed by atoms with Gasteiger partial charge < -0.3 is 14.6 Å². The van der Waals surface area contributed by atoms with E-state index in [4.69, 9.17) is 19.8 Å². The van der Waals surface area contributed by atoms with Gasteiger partial charge in [0.2, 0.25) is 0 Å². The number of nitriles is 1. The summed E-state index contributed by atoms with van der Waals surface area (Å²) in [7, 11) is 2.96. The molecule has 0 spiro atoms. The number of methoxy groups -OCH3 is 2. The molecule has 1 N–H and O–H groups in total. The van der Waals surface area contributed by atoms with Gasteiger partial charge in [0.25, 0.3) is 0 Å². The maximum absolute atomic E-state index is 9.14. The number of rotatable bonds is 2. The third-order valence-electron chi connectivity index (χ3n) is 2.43. The standard InChI is InChI=1S/C12H13NO3/c1-7-9(5-13)11(15-3)8(2)12(16-4)10(7)6-14/h6,14H,1H2,2-4H3/b10-6-. The molecule has 0 radical (unpaired) electrons. The number of ether oxygens (including phenoxy) is 2. The molecule has 0 bridgehead atoms. The van der Waals surface area contributed by atoms with Crippen molar-refractivity contribution in [2.24, 2.45) is 0 Å². The Morgan fingerprint density at radius 1 is 1.31 bits per heavy atom. The first-order chi connectivity index (χ1) is 7.62. The summed E-state index contributed by atoms with van der Waals surface area (Å²) < 4.78 is 10.3. The monoisotopic (exact) mass is 219 g/mol. The molecule has 4 nitrogen and oxygen atoms in total. The Labute approximate surface area is 93.7 Å². The molecule has 1 aromatic rings. The van der Waals surface area contributed by atoms with E-state index in [1.54, 1.807) is 6.92 Å². The average molecular weight is 219 g/mol. The zero-order valence-electron chi connectivity index (χ0n) is 9.50. The van der Waals surface area contributed by atoms with Gasteiger partial charge in [-0.15, -0.1) is 0 Å². The van der Waals surface area contributed by atoms with E-state index in [0.29, 0.717) is 33.1 Å². The van der Waals surface area contributed by atoms with Crippen molar-refractivity contribution in [2.45, 2.75) is 6.92 Å². The highest BCUT2D eigenvalue weighted by molar-refractivity contribution is 5.57. The van der Waals surface area contributed by atoms with E-state index in [0.717, 1.165) is 6.26 Å². The fourth-order valence-corrected chi connectivity index (χ4v) is 1.67. The summed E-state index contributed by atoms with van der Waals surface area (Å²) in [6.07, 6.45) is 0.883. The van der Waals surface area contributed by atoms with Gasteiger partial charge in [-0.05, 0) is 6.92 Å². The summed E-state index contributed by atoms with van der Waals surface area (Å²) in [4.78, 5) is 0. The summed E-state index contributed by atoms with van der Waals surface area (Å²) in [6.45, 7) is 5.50. The molecule has 1 rings (SSSR count). The third-order valence-corrected chi connectivity index (χ3v) is 2.43. The lowest BCUT2D eigenvalue weighted by Crippen LogP contribution is -2.29. The second-order valence-electron chi connectivity index (χ2n) is 3.20. The summed E-state index contributed by atoms with van der Waals surface area (Å²) in [5.74, 6) is 0.887. The number of hydrogen-bond donors (Lipinski definition) is 1. The Balaban J connectivity index is 3.93. The van der Waals surface area contributed by atoms with Gasteiger partial charge in [0.05, 0.1) is 25.7 Å². The molecule has 0 aromatic heterocycles. The van der Waals surface area contributed by atoms with Gasteiger partial charge in [-0.1, -0.05) is 6.58 Å². The van der Waals surface area contributed by atoms with Crippen LogP contribution < -0.4 is 19.9 Å². The summed E-state index contributed by atoms with van der Waals surface area (Å²) in [5.41, 5.74) is 0.968. The van der Waals surface area contributed by atoms with Gasteiger partial charge in [0.15, 0.2) is 0 Å². The smallest absolute Gasteiger partial charge is 0.143 e. The molecule has 0 fully saturated rings. The van der Waals surface area contributed by atoms with Crippen molar-refractivity contribution in [3.63, 3.8) is 0 Å². The minimum absolute atomic E-state index is 0.307. The Hall–Kier alpha value is -2.15. The number of aliphatic hydroxyl groups excluding tert-OH is 1. The van der Waals surface area contributed by atoms with E-state index in [1.807, 2.05) is 6.07 Å². The number of aliphatic hydroxyl groups is 1. The van der Waals surface area contributed by atoms with Gasteiger partial charge >= 0.3 is 0 Å². The molecule has 0 atom stereocenters. The highest BCUT2D eigenvalue weighted by Gasteiger charge is 2.15. The molecule has 0 amide bonds. The first-order valence-electron chi connectivity index (χ1n) is 4.60. The van der Waals surface area contributed by atoms with Crippen LogP contribution in [0.3, 0.4) is 0 Å². The molecule has 0 saturated carbocycles. The van der Waals surface area contributed by atoms with E-state index < -0.39 is 0 Å². The lowest BCUT2D eigenvalue weighted by Gasteiger charge is -2.12. The molecule has 0 aliphatic carbocycles. The van der Waals surface area contributed by atoms with Gasteiger partial charge in [0, 0.05) is 10.8 Å². The van der Waals surface area contributed by atoms with Crippen LogP contribution >= 0.6 is 0 Å². The second-order valence-corrected chi connectivity index (χ2v) is 3.20. The molecule has 4 heteroatoms. The quantitative estimate of drug-likeness (QED) is 0.790. The molecule has 16 heavy (non-hydrogen) atoms. The highest BCUT2D eigenvalue weighted by atomic mass is 16.5. The van der Waals surface area contributed by atoms with Crippen LogP contribution in [0.15, 0.2) is 0 Å². The van der Waals surface area contributed by atoms with Gasteiger partial charge in [0.1, 0.15) is 23.1 Å². The topological polar surface area (TPSA) is 62.5 Å². The Morgan fingerprint density at radius 3 is 2.25 bits per heavy atom. The Morgan fingerprint density at radius 2 is 1.88 bits per heavy atom. The molecule has 0 saturated heterocycles. The average Bonchev–Trinajstić information content (AvgIpc) is 2.30. The predicted octanol–water partition coefficient (Wildman–Crippen LogP) is 0.590. The lowest BCUT2D eigenvalue weighted by atomic mass is 10.0. The predicted molar refractivity (Wildman–Crippen MR) is 60.9 cm³/mol. The zero-order chi connectivity index (χ0) is 12.3. The van der Waals surface area contributed by atoms with E-state index in [-0.39, 0.29) is 0 Å². The SMILES string of the molecule is C=c1c(C#N)c(OC)c(C)c(OC)/c1=C\O. The first kappa shape index (κ1) is 11.9. The van der Waals surface area contributed by atoms with Gasteiger partial charge in [-0.25, -0.2) is 0 Å². The minimum atomic E-state index is 0.307. The normalized spacial score (nSPS) is 11.0. The zero-order valence-corrected chi connectivity index (χ0v) is 9.50. The fourth-order valence-electron chi connectivity index (χ4n) is 1.67. The second kappa shape index (κ2) is 4.58. The van der Waals surface area contributed by atoms with Crippen LogP contribution in [0.5, 0.6) is 11.5 Å². The van der Waals surface area contributed by atoms with Crippen LogP contribution in [0.4, 0.5) is 0 Å². The van der Waals surface area contributed by atoms with E-state index >= 15 is 0 Å². The van der Waals surface area contributed by atoms with Crippen molar-refractivity contribution in [1.29, 1.82) is 5.26 Å². The van der Waals surface area contributed by atoms with Gasteiger partial charge in [-0.3, -0.25) is 0 Å².